The number of nitrogens with one attached hydrogen (secondary N) is 1. The molecule has 0 spiro atoms. The summed E-state index contributed by atoms with van der Waals surface area (Å²) in [4.78, 5) is 24.2. The van der Waals surface area contributed by atoms with E-state index in [9.17, 15) is 14.7 Å². The summed E-state index contributed by atoms with van der Waals surface area (Å²) in [6.45, 7) is 2.09. The summed E-state index contributed by atoms with van der Waals surface area (Å²) in [5.74, 6) is 0.0300. The molecule has 1 amide bonds. The van der Waals surface area contributed by atoms with E-state index in [4.69, 9.17) is 4.74 Å². The lowest BCUT2D eigenvalue weighted by molar-refractivity contribution is -0.148. The Labute approximate surface area is 130 Å². The van der Waals surface area contributed by atoms with Crippen molar-refractivity contribution < 1.29 is 19.4 Å². The first-order chi connectivity index (χ1) is 10.5. The van der Waals surface area contributed by atoms with Crippen LogP contribution in [0, 0.1) is 29.6 Å². The molecule has 2 saturated heterocycles. The molecule has 4 bridgehead atoms. The van der Waals surface area contributed by atoms with Crippen molar-refractivity contribution in [2.45, 2.75) is 63.7 Å². The fourth-order valence-corrected chi connectivity index (χ4v) is 5.66. The van der Waals surface area contributed by atoms with Crippen LogP contribution in [-0.2, 0) is 14.3 Å². The topological polar surface area (TPSA) is 75.6 Å². The number of fused-ring (bicyclic) bond motifs is 4. The Balaban J connectivity index is 1.42. The molecule has 2 heterocycles. The molecule has 5 nitrogen and oxygen atoms in total. The molecule has 2 saturated carbocycles. The van der Waals surface area contributed by atoms with Crippen LogP contribution in [-0.4, -0.2) is 35.2 Å². The van der Waals surface area contributed by atoms with E-state index in [1.165, 1.54) is 25.7 Å². The predicted octanol–water partition coefficient (Wildman–Crippen LogP) is 1.81. The zero-order chi connectivity index (χ0) is 15.4. The molecular formula is C17H25NO4. The lowest BCUT2D eigenvalue weighted by Crippen LogP contribution is -2.48. The van der Waals surface area contributed by atoms with Crippen LogP contribution in [0.5, 0.6) is 0 Å². The van der Waals surface area contributed by atoms with E-state index in [1.54, 1.807) is 0 Å². The van der Waals surface area contributed by atoms with Gasteiger partial charge in [0.2, 0.25) is 5.91 Å². The highest BCUT2D eigenvalue weighted by Crippen LogP contribution is 2.50. The summed E-state index contributed by atoms with van der Waals surface area (Å²) < 4.78 is 5.69. The van der Waals surface area contributed by atoms with Crippen LogP contribution < -0.4 is 5.32 Å². The van der Waals surface area contributed by atoms with Crippen molar-refractivity contribution >= 4 is 11.9 Å². The van der Waals surface area contributed by atoms with Gasteiger partial charge in [-0.1, -0.05) is 6.42 Å². The molecule has 0 radical (unpaired) electrons. The average molecular weight is 307 g/mol. The number of carbonyl (C=O) groups excluding carboxylic acids is 1. The monoisotopic (exact) mass is 307 g/mol. The second-order valence-electron chi connectivity index (χ2n) is 7.82. The SMILES string of the molecule is CC(NC(=O)C1C2CCC(O2)C1C(=O)O)C1CC2CCC1C2. The Bertz CT molecular complexity index is 493. The van der Waals surface area contributed by atoms with Crippen molar-refractivity contribution in [2.24, 2.45) is 29.6 Å². The van der Waals surface area contributed by atoms with Crippen molar-refractivity contribution in [1.82, 2.24) is 5.32 Å². The molecule has 4 rings (SSSR count). The molecule has 4 aliphatic rings. The molecule has 8 unspecified atom stereocenters. The molecule has 5 heteroatoms. The lowest BCUT2D eigenvalue weighted by atomic mass is 9.78. The Morgan fingerprint density at radius 1 is 1.09 bits per heavy atom. The first-order valence-corrected chi connectivity index (χ1v) is 8.73. The van der Waals surface area contributed by atoms with Gasteiger partial charge in [-0.2, -0.15) is 0 Å². The third-order valence-corrected chi connectivity index (χ3v) is 6.67. The summed E-state index contributed by atoms with van der Waals surface area (Å²) >= 11 is 0. The smallest absolute Gasteiger partial charge is 0.310 e. The van der Waals surface area contributed by atoms with Crippen molar-refractivity contribution in [3.05, 3.63) is 0 Å². The van der Waals surface area contributed by atoms with Gasteiger partial charge in [-0.05, 0) is 56.8 Å². The van der Waals surface area contributed by atoms with Crippen LogP contribution in [0.1, 0.15) is 45.4 Å². The van der Waals surface area contributed by atoms with Crippen molar-refractivity contribution in [1.29, 1.82) is 0 Å². The predicted molar refractivity (Wildman–Crippen MR) is 79.1 cm³/mol. The fourth-order valence-electron chi connectivity index (χ4n) is 5.66. The third kappa shape index (κ3) is 2.16. The van der Waals surface area contributed by atoms with Gasteiger partial charge < -0.3 is 15.2 Å². The number of hydrogen-bond acceptors (Lipinski definition) is 3. The minimum absolute atomic E-state index is 0.102. The first kappa shape index (κ1) is 14.5. The maximum atomic E-state index is 12.7. The van der Waals surface area contributed by atoms with Crippen LogP contribution in [0.3, 0.4) is 0 Å². The first-order valence-electron chi connectivity index (χ1n) is 8.73. The zero-order valence-electron chi connectivity index (χ0n) is 13.0. The van der Waals surface area contributed by atoms with Crippen molar-refractivity contribution in [3.63, 3.8) is 0 Å². The number of carbonyl (C=O) groups is 2. The van der Waals surface area contributed by atoms with E-state index >= 15 is 0 Å². The largest absolute Gasteiger partial charge is 0.481 e. The second kappa shape index (κ2) is 5.22. The molecule has 0 aromatic heterocycles. The lowest BCUT2D eigenvalue weighted by Gasteiger charge is -2.31. The molecule has 4 fully saturated rings. The van der Waals surface area contributed by atoms with E-state index < -0.39 is 17.8 Å². The van der Waals surface area contributed by atoms with E-state index in [-0.39, 0.29) is 24.2 Å². The minimum atomic E-state index is -0.889. The molecule has 2 aliphatic heterocycles. The summed E-state index contributed by atoms with van der Waals surface area (Å²) in [6, 6.07) is 0.149. The number of rotatable bonds is 4. The number of carboxylic acids is 1. The highest BCUT2D eigenvalue weighted by Gasteiger charge is 2.56. The number of amides is 1. The van der Waals surface area contributed by atoms with E-state index in [2.05, 4.69) is 12.2 Å². The van der Waals surface area contributed by atoms with E-state index in [0.717, 1.165) is 24.7 Å². The van der Waals surface area contributed by atoms with Gasteiger partial charge in [0.1, 0.15) is 0 Å². The van der Waals surface area contributed by atoms with E-state index in [1.807, 2.05) is 0 Å². The molecule has 122 valence electrons. The Morgan fingerprint density at radius 2 is 1.82 bits per heavy atom. The molecule has 0 aromatic carbocycles. The zero-order valence-corrected chi connectivity index (χ0v) is 13.0. The van der Waals surface area contributed by atoms with Gasteiger partial charge in [0.15, 0.2) is 0 Å². The van der Waals surface area contributed by atoms with Gasteiger partial charge in [0, 0.05) is 6.04 Å². The van der Waals surface area contributed by atoms with Gasteiger partial charge in [-0.3, -0.25) is 9.59 Å². The highest BCUT2D eigenvalue weighted by atomic mass is 16.5. The van der Waals surface area contributed by atoms with Crippen molar-refractivity contribution in [2.75, 3.05) is 0 Å². The maximum absolute atomic E-state index is 12.7. The highest BCUT2D eigenvalue weighted by molar-refractivity contribution is 5.86. The summed E-state index contributed by atoms with van der Waals surface area (Å²) in [5, 5.41) is 12.6. The van der Waals surface area contributed by atoms with Gasteiger partial charge in [0.25, 0.3) is 0 Å². The number of aliphatic carboxylic acids is 1. The van der Waals surface area contributed by atoms with Crippen LogP contribution >= 0.6 is 0 Å². The Hall–Kier alpha value is -1.10. The molecule has 2 aliphatic carbocycles. The summed E-state index contributed by atoms with van der Waals surface area (Å²) in [7, 11) is 0. The Morgan fingerprint density at radius 3 is 2.41 bits per heavy atom. The maximum Gasteiger partial charge on any atom is 0.310 e. The quantitative estimate of drug-likeness (QED) is 0.830. The van der Waals surface area contributed by atoms with Crippen LogP contribution in [0.15, 0.2) is 0 Å². The van der Waals surface area contributed by atoms with E-state index in [0.29, 0.717) is 5.92 Å². The van der Waals surface area contributed by atoms with Crippen LogP contribution in [0.2, 0.25) is 0 Å². The number of hydrogen-bond donors (Lipinski definition) is 2. The van der Waals surface area contributed by atoms with Crippen LogP contribution in [0.25, 0.3) is 0 Å². The standard InChI is InChI=1S/C17H25NO4/c1-8(11-7-9-2-3-10(11)6-9)18-16(19)14-12-4-5-13(22-12)15(14)17(20)21/h8-15H,2-7H2,1H3,(H,18,19)(H,20,21). The fraction of sp³-hybridized carbons (Fsp3) is 0.882. The Kier molecular flexibility index (Phi) is 3.44. The van der Waals surface area contributed by atoms with Gasteiger partial charge >= 0.3 is 5.97 Å². The molecule has 0 aromatic rings. The second-order valence-corrected chi connectivity index (χ2v) is 7.82. The van der Waals surface area contributed by atoms with Gasteiger partial charge in [-0.15, -0.1) is 0 Å². The van der Waals surface area contributed by atoms with Crippen molar-refractivity contribution in [3.8, 4) is 0 Å². The number of ether oxygens (including phenoxy) is 1. The number of carboxylic acid groups (broad SMARTS) is 1. The molecular weight excluding hydrogens is 282 g/mol. The molecule has 22 heavy (non-hydrogen) atoms. The minimum Gasteiger partial charge on any atom is -0.481 e. The molecule has 8 atom stereocenters. The van der Waals surface area contributed by atoms with Crippen LogP contribution in [0.4, 0.5) is 0 Å². The average Bonchev–Trinajstić information content (AvgIpc) is 3.24. The molecule has 2 N–H and O–H groups in total. The summed E-state index contributed by atoms with van der Waals surface area (Å²) in [6.07, 6.45) is 6.31. The summed E-state index contributed by atoms with van der Waals surface area (Å²) in [5.41, 5.74) is 0. The third-order valence-electron chi connectivity index (χ3n) is 6.67. The van der Waals surface area contributed by atoms with Gasteiger partial charge in [-0.25, -0.2) is 0 Å². The normalized spacial score (nSPS) is 46.9. The van der Waals surface area contributed by atoms with Gasteiger partial charge in [0.05, 0.1) is 24.0 Å².